The van der Waals surface area contributed by atoms with Crippen LogP contribution in [0.15, 0.2) is 5.11 Å². The van der Waals surface area contributed by atoms with Crippen LogP contribution in [0.4, 0.5) is 0 Å². The Labute approximate surface area is 71.3 Å². The smallest absolute Gasteiger partial charge is 0.129 e. The molecule has 0 aliphatic carbocycles. The van der Waals surface area contributed by atoms with Crippen molar-refractivity contribution in [1.29, 1.82) is 0 Å². The fourth-order valence-corrected chi connectivity index (χ4v) is 0.675. The Morgan fingerprint density at radius 2 is 2.33 bits per heavy atom. The maximum absolute atomic E-state index is 10.5. The molecule has 0 bridgehead atoms. The monoisotopic (exact) mass is 171 g/mol. The van der Waals surface area contributed by atoms with Gasteiger partial charge in [0.25, 0.3) is 0 Å². The maximum atomic E-state index is 10.5. The van der Waals surface area contributed by atoms with Crippen molar-refractivity contribution in [3.8, 4) is 0 Å². The average molecular weight is 171 g/mol. The third kappa shape index (κ3) is 8.94. The van der Waals surface area contributed by atoms with Gasteiger partial charge < -0.3 is 9.53 Å². The SMILES string of the molecule is CC(=O)CCCOCCN=[N+]=[N-]. The number of ether oxygens (including phenoxy) is 1. The predicted octanol–water partition coefficient (Wildman–Crippen LogP) is 1.68. The Bertz CT molecular complexity index is 169. The van der Waals surface area contributed by atoms with Crippen LogP contribution in [0.5, 0.6) is 0 Å². The first-order valence-electron chi connectivity index (χ1n) is 3.85. The van der Waals surface area contributed by atoms with Gasteiger partial charge in [0.15, 0.2) is 0 Å². The molecule has 0 rings (SSSR count). The van der Waals surface area contributed by atoms with E-state index < -0.39 is 0 Å². The van der Waals surface area contributed by atoms with Crippen LogP contribution in [0.25, 0.3) is 10.4 Å². The van der Waals surface area contributed by atoms with Crippen molar-refractivity contribution in [2.75, 3.05) is 19.8 Å². The maximum Gasteiger partial charge on any atom is 0.129 e. The van der Waals surface area contributed by atoms with Crippen LogP contribution >= 0.6 is 0 Å². The third-order valence-electron chi connectivity index (χ3n) is 1.22. The summed E-state index contributed by atoms with van der Waals surface area (Å²) in [7, 11) is 0. The molecule has 0 saturated heterocycles. The summed E-state index contributed by atoms with van der Waals surface area (Å²) in [5, 5.41) is 3.29. The first kappa shape index (κ1) is 10.9. The van der Waals surface area contributed by atoms with Gasteiger partial charge in [0, 0.05) is 24.5 Å². The molecule has 0 fully saturated rings. The van der Waals surface area contributed by atoms with Crippen LogP contribution in [0.1, 0.15) is 19.8 Å². The molecule has 12 heavy (non-hydrogen) atoms. The summed E-state index contributed by atoms with van der Waals surface area (Å²) in [5.41, 5.74) is 7.90. The van der Waals surface area contributed by atoms with Gasteiger partial charge in [-0.05, 0) is 18.9 Å². The Kier molecular flexibility index (Phi) is 7.33. The lowest BCUT2D eigenvalue weighted by Crippen LogP contribution is -2.01. The lowest BCUT2D eigenvalue weighted by Gasteiger charge is -1.99. The lowest BCUT2D eigenvalue weighted by atomic mass is 10.2. The Morgan fingerprint density at radius 1 is 1.58 bits per heavy atom. The van der Waals surface area contributed by atoms with Crippen LogP contribution < -0.4 is 0 Å². The number of carbonyl (C=O) groups is 1. The normalized spacial score (nSPS) is 9.08. The number of hydrogen-bond acceptors (Lipinski definition) is 3. The molecular weight excluding hydrogens is 158 g/mol. The van der Waals surface area contributed by atoms with E-state index in [0.29, 0.717) is 26.2 Å². The molecule has 0 aromatic heterocycles. The zero-order chi connectivity index (χ0) is 9.23. The Morgan fingerprint density at radius 3 is 2.92 bits per heavy atom. The molecule has 0 aromatic rings. The van der Waals surface area contributed by atoms with Crippen molar-refractivity contribution in [3.05, 3.63) is 10.4 Å². The molecule has 0 amide bonds. The van der Waals surface area contributed by atoms with Crippen LogP contribution in [-0.2, 0) is 9.53 Å². The molecule has 0 aromatic carbocycles. The summed E-state index contributed by atoms with van der Waals surface area (Å²) in [6, 6.07) is 0. The first-order chi connectivity index (χ1) is 5.77. The highest BCUT2D eigenvalue weighted by molar-refractivity contribution is 5.75. The molecule has 0 aliphatic rings. The molecule has 0 aliphatic heterocycles. The highest BCUT2D eigenvalue weighted by atomic mass is 16.5. The van der Waals surface area contributed by atoms with E-state index in [1.54, 1.807) is 6.92 Å². The topological polar surface area (TPSA) is 75.1 Å². The number of rotatable bonds is 7. The van der Waals surface area contributed by atoms with Gasteiger partial charge >= 0.3 is 0 Å². The van der Waals surface area contributed by atoms with Gasteiger partial charge in [0.1, 0.15) is 5.78 Å². The molecule has 0 N–H and O–H groups in total. The molecule has 68 valence electrons. The van der Waals surface area contributed by atoms with Gasteiger partial charge in [-0.1, -0.05) is 5.11 Å². The molecule has 5 heteroatoms. The summed E-state index contributed by atoms with van der Waals surface area (Å²) in [4.78, 5) is 13.0. The molecule has 0 unspecified atom stereocenters. The van der Waals surface area contributed by atoms with Gasteiger partial charge in [-0.25, -0.2) is 0 Å². The zero-order valence-corrected chi connectivity index (χ0v) is 7.19. The number of azide groups is 1. The molecule has 0 spiro atoms. The van der Waals surface area contributed by atoms with E-state index in [-0.39, 0.29) is 5.78 Å². The molecular formula is C7H13N3O2. The second-order valence-corrected chi connectivity index (χ2v) is 2.37. The van der Waals surface area contributed by atoms with Gasteiger partial charge in [-0.15, -0.1) is 0 Å². The minimum absolute atomic E-state index is 0.175. The third-order valence-corrected chi connectivity index (χ3v) is 1.22. The van der Waals surface area contributed by atoms with Crippen LogP contribution in [-0.4, -0.2) is 25.5 Å². The summed E-state index contributed by atoms with van der Waals surface area (Å²) < 4.78 is 5.07. The van der Waals surface area contributed by atoms with E-state index in [9.17, 15) is 4.79 Å². The van der Waals surface area contributed by atoms with E-state index in [4.69, 9.17) is 10.3 Å². The van der Waals surface area contributed by atoms with Crippen LogP contribution in [0, 0.1) is 0 Å². The van der Waals surface area contributed by atoms with E-state index in [2.05, 4.69) is 10.0 Å². The minimum atomic E-state index is 0.175. The summed E-state index contributed by atoms with van der Waals surface area (Å²) in [6.07, 6.45) is 1.30. The highest BCUT2D eigenvalue weighted by Gasteiger charge is 1.92. The zero-order valence-electron chi connectivity index (χ0n) is 7.19. The Balaban J connectivity index is 3.00. The van der Waals surface area contributed by atoms with Gasteiger partial charge in [-0.3, -0.25) is 0 Å². The van der Waals surface area contributed by atoms with Crippen molar-refractivity contribution in [2.45, 2.75) is 19.8 Å². The molecule has 0 saturated carbocycles. The number of Topliss-reactive ketones (excluding diaryl/α,β-unsaturated/α-hetero) is 1. The Hall–Kier alpha value is -1.06. The van der Waals surface area contributed by atoms with Crippen molar-refractivity contribution in [1.82, 2.24) is 0 Å². The number of ketones is 1. The minimum Gasteiger partial charge on any atom is -0.381 e. The second-order valence-electron chi connectivity index (χ2n) is 2.37. The lowest BCUT2D eigenvalue weighted by molar-refractivity contribution is -0.117. The highest BCUT2D eigenvalue weighted by Crippen LogP contribution is 1.90. The fraction of sp³-hybridized carbons (Fsp3) is 0.857. The second kappa shape index (κ2) is 8.04. The van der Waals surface area contributed by atoms with Gasteiger partial charge in [0.2, 0.25) is 0 Å². The van der Waals surface area contributed by atoms with Crippen molar-refractivity contribution < 1.29 is 9.53 Å². The van der Waals surface area contributed by atoms with Crippen molar-refractivity contribution in [2.24, 2.45) is 5.11 Å². The fourth-order valence-electron chi connectivity index (χ4n) is 0.675. The van der Waals surface area contributed by atoms with Gasteiger partial charge in [-0.2, -0.15) is 0 Å². The predicted molar refractivity (Wildman–Crippen MR) is 44.7 cm³/mol. The summed E-state index contributed by atoms with van der Waals surface area (Å²) in [6.45, 7) is 2.90. The van der Waals surface area contributed by atoms with E-state index in [1.807, 2.05) is 0 Å². The number of hydrogen-bond donors (Lipinski definition) is 0. The standard InChI is InChI=1S/C7H13N3O2/c1-7(11)3-2-5-12-6-4-9-10-8/h2-6H2,1H3. The van der Waals surface area contributed by atoms with Crippen LogP contribution in [0.3, 0.4) is 0 Å². The summed E-state index contributed by atoms with van der Waals surface area (Å²) >= 11 is 0. The number of carbonyl (C=O) groups excluding carboxylic acids is 1. The summed E-state index contributed by atoms with van der Waals surface area (Å²) in [5.74, 6) is 0.175. The number of nitrogens with zero attached hydrogens (tertiary/aromatic N) is 3. The van der Waals surface area contributed by atoms with Gasteiger partial charge in [0.05, 0.1) is 6.61 Å². The van der Waals surface area contributed by atoms with Crippen molar-refractivity contribution in [3.63, 3.8) is 0 Å². The molecule has 0 heterocycles. The van der Waals surface area contributed by atoms with Crippen LogP contribution in [0.2, 0.25) is 0 Å². The van der Waals surface area contributed by atoms with E-state index in [0.717, 1.165) is 6.42 Å². The van der Waals surface area contributed by atoms with Crippen molar-refractivity contribution >= 4 is 5.78 Å². The van der Waals surface area contributed by atoms with E-state index in [1.165, 1.54) is 0 Å². The first-order valence-corrected chi connectivity index (χ1v) is 3.85. The van der Waals surface area contributed by atoms with E-state index >= 15 is 0 Å². The largest absolute Gasteiger partial charge is 0.381 e. The molecule has 0 radical (unpaired) electrons. The average Bonchev–Trinajstić information content (AvgIpc) is 2.02. The molecule has 5 nitrogen and oxygen atoms in total. The quantitative estimate of drug-likeness (QED) is 0.253. The molecule has 0 atom stereocenters.